The second-order valence-corrected chi connectivity index (χ2v) is 3.84. The molecule has 0 bridgehead atoms. The summed E-state index contributed by atoms with van der Waals surface area (Å²) in [5, 5.41) is 0. The van der Waals surface area contributed by atoms with Crippen LogP contribution in [0.1, 0.15) is 58.3 Å². The maximum atomic E-state index is 4.22. The highest BCUT2D eigenvalue weighted by Gasteiger charge is 1.95. The molecule has 1 fully saturated rings. The Morgan fingerprint density at radius 3 is 1.80 bits per heavy atom. The van der Waals surface area contributed by atoms with Crippen LogP contribution in [0, 0.1) is 0 Å². The van der Waals surface area contributed by atoms with Gasteiger partial charge in [0.2, 0.25) is 0 Å². The van der Waals surface area contributed by atoms with Crippen molar-refractivity contribution < 1.29 is 9.78 Å². The minimum atomic E-state index is 0.778. The van der Waals surface area contributed by atoms with E-state index in [2.05, 4.69) is 23.3 Å². The van der Waals surface area contributed by atoms with Gasteiger partial charge in [0, 0.05) is 0 Å². The molecule has 2 nitrogen and oxygen atoms in total. The van der Waals surface area contributed by atoms with Crippen molar-refractivity contribution in [1.29, 1.82) is 0 Å². The maximum Gasteiger partial charge on any atom is 0.109 e. The van der Waals surface area contributed by atoms with Crippen molar-refractivity contribution in [2.24, 2.45) is 0 Å². The molecule has 0 aromatic heterocycles. The molecule has 1 aliphatic rings. The molecule has 0 aromatic carbocycles. The summed E-state index contributed by atoms with van der Waals surface area (Å²) in [7, 11) is 0. The molecule has 0 radical (unpaired) electrons. The highest BCUT2D eigenvalue weighted by atomic mass is 17.2. The predicted molar refractivity (Wildman–Crippen MR) is 64.7 cm³/mol. The summed E-state index contributed by atoms with van der Waals surface area (Å²) in [6.45, 7) is 7.53. The third-order valence-electron chi connectivity index (χ3n) is 2.35. The summed E-state index contributed by atoms with van der Waals surface area (Å²) in [5.41, 5.74) is 0. The SMILES string of the molecule is C1COO1.C=CCCCCCCCCC. The average Bonchev–Trinajstić information content (AvgIpc) is 2.14. The van der Waals surface area contributed by atoms with Crippen molar-refractivity contribution in [2.45, 2.75) is 58.3 Å². The first-order valence-corrected chi connectivity index (χ1v) is 6.27. The lowest BCUT2D eigenvalue weighted by Gasteiger charge is -2.08. The molecule has 1 rings (SSSR count). The highest BCUT2D eigenvalue weighted by Crippen LogP contribution is 2.07. The van der Waals surface area contributed by atoms with Gasteiger partial charge in [0.15, 0.2) is 0 Å². The van der Waals surface area contributed by atoms with Crippen molar-refractivity contribution >= 4 is 0 Å². The zero-order chi connectivity index (χ0) is 11.2. The first-order chi connectivity index (χ1) is 7.41. The van der Waals surface area contributed by atoms with Crippen LogP contribution in [0.15, 0.2) is 12.7 Å². The molecule has 0 aromatic rings. The molecule has 1 saturated heterocycles. The Labute approximate surface area is 94.6 Å². The number of rotatable bonds is 8. The normalized spacial score (nSPS) is 13.7. The van der Waals surface area contributed by atoms with Crippen molar-refractivity contribution in [3.8, 4) is 0 Å². The van der Waals surface area contributed by atoms with Crippen LogP contribution in [0.5, 0.6) is 0 Å². The Morgan fingerprint density at radius 1 is 0.933 bits per heavy atom. The summed E-state index contributed by atoms with van der Waals surface area (Å²) in [6.07, 6.45) is 13.0. The molecular weight excluding hydrogens is 188 g/mol. The van der Waals surface area contributed by atoms with Crippen molar-refractivity contribution in [3.05, 3.63) is 12.7 Å². The van der Waals surface area contributed by atoms with Crippen LogP contribution in [0.25, 0.3) is 0 Å². The lowest BCUT2D eigenvalue weighted by molar-refractivity contribution is -0.382. The molecule has 0 amide bonds. The van der Waals surface area contributed by atoms with Gasteiger partial charge in [0.25, 0.3) is 0 Å². The van der Waals surface area contributed by atoms with E-state index in [0.717, 1.165) is 13.2 Å². The Bertz CT molecular complexity index is 116. The van der Waals surface area contributed by atoms with E-state index < -0.39 is 0 Å². The van der Waals surface area contributed by atoms with Gasteiger partial charge >= 0.3 is 0 Å². The van der Waals surface area contributed by atoms with Crippen molar-refractivity contribution in [1.82, 2.24) is 0 Å². The molecule has 1 heterocycles. The van der Waals surface area contributed by atoms with Crippen LogP contribution >= 0.6 is 0 Å². The second-order valence-electron chi connectivity index (χ2n) is 3.84. The minimum Gasteiger partial charge on any atom is -0.234 e. The lowest BCUT2D eigenvalue weighted by Crippen LogP contribution is -2.14. The van der Waals surface area contributed by atoms with Crippen LogP contribution < -0.4 is 0 Å². The summed E-state index contributed by atoms with van der Waals surface area (Å²) < 4.78 is 0. The molecule has 90 valence electrons. The van der Waals surface area contributed by atoms with Crippen LogP contribution in [-0.4, -0.2) is 13.2 Å². The van der Waals surface area contributed by atoms with Gasteiger partial charge in [-0.3, -0.25) is 0 Å². The monoisotopic (exact) mass is 214 g/mol. The topological polar surface area (TPSA) is 18.5 Å². The fourth-order valence-electron chi connectivity index (χ4n) is 1.33. The van der Waals surface area contributed by atoms with Gasteiger partial charge in [0.05, 0.1) is 0 Å². The van der Waals surface area contributed by atoms with E-state index >= 15 is 0 Å². The fraction of sp³-hybridized carbons (Fsp3) is 0.846. The molecule has 0 unspecified atom stereocenters. The Balaban J connectivity index is 0.000000401. The van der Waals surface area contributed by atoms with E-state index in [1.54, 1.807) is 0 Å². The summed E-state index contributed by atoms with van der Waals surface area (Å²) in [4.78, 5) is 8.44. The zero-order valence-electron chi connectivity index (χ0n) is 10.2. The zero-order valence-corrected chi connectivity index (χ0v) is 10.2. The average molecular weight is 214 g/mol. The molecule has 0 saturated carbocycles. The molecule has 15 heavy (non-hydrogen) atoms. The highest BCUT2D eigenvalue weighted by molar-refractivity contribution is 4.65. The van der Waals surface area contributed by atoms with Crippen LogP contribution in [-0.2, 0) is 9.78 Å². The first-order valence-electron chi connectivity index (χ1n) is 6.27. The molecule has 0 N–H and O–H groups in total. The molecule has 0 spiro atoms. The van der Waals surface area contributed by atoms with Crippen molar-refractivity contribution in [3.63, 3.8) is 0 Å². The van der Waals surface area contributed by atoms with Crippen LogP contribution in [0.4, 0.5) is 0 Å². The van der Waals surface area contributed by atoms with Gasteiger partial charge in [-0.15, -0.1) is 6.58 Å². The summed E-state index contributed by atoms with van der Waals surface area (Å²) in [6, 6.07) is 0. The van der Waals surface area contributed by atoms with E-state index in [1.807, 2.05) is 6.08 Å². The first kappa shape index (κ1) is 14.7. The van der Waals surface area contributed by atoms with Gasteiger partial charge < -0.3 is 0 Å². The standard InChI is InChI=1S/C11H22.C2H4O2/c1-3-5-7-9-11-10-8-6-4-2;1-2-4-3-1/h3H,1,4-11H2,2H3;1-2H2. The summed E-state index contributed by atoms with van der Waals surface area (Å²) >= 11 is 0. The van der Waals surface area contributed by atoms with Crippen LogP contribution in [0.3, 0.4) is 0 Å². The Hall–Kier alpha value is -0.340. The molecular formula is C13H26O2. The van der Waals surface area contributed by atoms with E-state index in [0.29, 0.717) is 0 Å². The van der Waals surface area contributed by atoms with Gasteiger partial charge in [-0.25, -0.2) is 9.78 Å². The fourth-order valence-corrected chi connectivity index (χ4v) is 1.33. The second kappa shape index (κ2) is 13.7. The van der Waals surface area contributed by atoms with E-state index in [1.165, 1.54) is 51.4 Å². The van der Waals surface area contributed by atoms with E-state index in [9.17, 15) is 0 Å². The Morgan fingerprint density at radius 2 is 1.40 bits per heavy atom. The number of allylic oxidation sites excluding steroid dienone is 1. The van der Waals surface area contributed by atoms with E-state index in [4.69, 9.17) is 0 Å². The number of unbranched alkanes of at least 4 members (excludes halogenated alkanes) is 7. The van der Waals surface area contributed by atoms with Crippen LogP contribution in [0.2, 0.25) is 0 Å². The third-order valence-corrected chi connectivity index (χ3v) is 2.35. The largest absolute Gasteiger partial charge is 0.234 e. The molecule has 0 aliphatic carbocycles. The van der Waals surface area contributed by atoms with Gasteiger partial charge in [-0.05, 0) is 12.8 Å². The third kappa shape index (κ3) is 13.7. The van der Waals surface area contributed by atoms with Gasteiger partial charge in [0.1, 0.15) is 13.2 Å². The molecule has 2 heteroatoms. The van der Waals surface area contributed by atoms with Gasteiger partial charge in [-0.1, -0.05) is 51.5 Å². The smallest absolute Gasteiger partial charge is 0.109 e. The summed E-state index contributed by atoms with van der Waals surface area (Å²) in [5.74, 6) is 0. The molecule has 0 atom stereocenters. The van der Waals surface area contributed by atoms with Crippen molar-refractivity contribution in [2.75, 3.05) is 13.2 Å². The minimum absolute atomic E-state index is 0.778. The van der Waals surface area contributed by atoms with Gasteiger partial charge in [-0.2, -0.15) is 0 Å². The maximum absolute atomic E-state index is 4.22. The lowest BCUT2D eigenvalue weighted by atomic mass is 10.1. The molecule has 1 aliphatic heterocycles. The number of hydrogen-bond donors (Lipinski definition) is 0. The number of hydrogen-bond acceptors (Lipinski definition) is 2. The van der Waals surface area contributed by atoms with E-state index in [-0.39, 0.29) is 0 Å². The predicted octanol–water partition coefficient (Wildman–Crippen LogP) is 4.26. The quantitative estimate of drug-likeness (QED) is 0.341. The Kier molecular flexibility index (Phi) is 13.4.